The highest BCUT2D eigenvalue weighted by Crippen LogP contribution is 2.41. The smallest absolute Gasteiger partial charge is 0.435 e. The molecule has 0 aliphatic heterocycles. The second kappa shape index (κ2) is 7.88. The van der Waals surface area contributed by atoms with Gasteiger partial charge in [-0.3, -0.25) is 9.32 Å². The first-order valence-electron chi connectivity index (χ1n) is 8.91. The quantitative estimate of drug-likeness (QED) is 0.326. The molecule has 162 valence electrons. The molecule has 0 atom stereocenters. The monoisotopic (exact) mass is 472 g/mol. The number of fused-ring (bicyclic) bond motifs is 1. The zero-order valence-corrected chi connectivity index (χ0v) is 18.2. The van der Waals surface area contributed by atoms with Crippen LogP contribution in [-0.2, 0) is 7.05 Å². The number of nitrogens with one attached hydrogen (secondary N) is 2. The maximum Gasteiger partial charge on any atom is 0.435 e. The molecule has 0 spiro atoms. The molecule has 4 rings (SSSR count). The van der Waals surface area contributed by atoms with E-state index < -0.39 is 11.5 Å². The predicted molar refractivity (Wildman–Crippen MR) is 119 cm³/mol. The Bertz CT molecular complexity index is 1500. The molecule has 0 saturated carbocycles. The van der Waals surface area contributed by atoms with Crippen molar-refractivity contribution in [2.24, 2.45) is 7.05 Å². The first-order valence-corrected chi connectivity index (χ1v) is 10.1. The largest absolute Gasteiger partial charge is 0.495 e. The number of methoxy groups -OCH3 is 1. The number of nitrogens with zero attached hydrogens (tertiary/aromatic N) is 3. The van der Waals surface area contributed by atoms with Crippen molar-refractivity contribution in [3.63, 3.8) is 0 Å². The fourth-order valence-corrected chi connectivity index (χ4v) is 4.50. The van der Waals surface area contributed by atoms with Crippen molar-refractivity contribution in [3.05, 3.63) is 44.1 Å². The number of nitriles is 1. The van der Waals surface area contributed by atoms with E-state index in [-0.39, 0.29) is 43.4 Å². The van der Waals surface area contributed by atoms with Crippen molar-refractivity contribution in [2.45, 2.75) is 0 Å². The molecule has 32 heavy (non-hydrogen) atoms. The summed E-state index contributed by atoms with van der Waals surface area (Å²) in [5.74, 6) is -0.177. The number of amides is 1. The van der Waals surface area contributed by atoms with Crippen LogP contribution in [-0.4, -0.2) is 23.3 Å². The van der Waals surface area contributed by atoms with Crippen LogP contribution in [0.25, 0.3) is 21.5 Å². The number of benzene rings is 1. The molecule has 3 heterocycles. The van der Waals surface area contributed by atoms with Gasteiger partial charge in [0.2, 0.25) is 0 Å². The maximum absolute atomic E-state index is 13.0. The van der Waals surface area contributed by atoms with Gasteiger partial charge in [-0.25, -0.2) is 9.78 Å². The van der Waals surface area contributed by atoms with E-state index in [9.17, 15) is 14.9 Å². The molecule has 6 N–H and O–H groups in total. The van der Waals surface area contributed by atoms with Crippen molar-refractivity contribution >= 4 is 56.3 Å². The van der Waals surface area contributed by atoms with Crippen molar-refractivity contribution in [1.29, 1.82) is 5.26 Å². The van der Waals surface area contributed by atoms with Crippen LogP contribution < -0.4 is 31.8 Å². The third-order valence-corrected chi connectivity index (χ3v) is 6.07. The number of pyridine rings is 1. The van der Waals surface area contributed by atoms with Gasteiger partial charge in [-0.15, -0.1) is 11.3 Å². The van der Waals surface area contributed by atoms with Crippen molar-refractivity contribution < 1.29 is 18.7 Å². The number of aromatic nitrogens is 3. The number of aryl methyl sites for hydroxylation is 1. The van der Waals surface area contributed by atoms with Gasteiger partial charge in [-0.1, -0.05) is 16.3 Å². The fraction of sp³-hybridized carbons (Fsp3) is 0.105. The van der Waals surface area contributed by atoms with Gasteiger partial charge in [0, 0.05) is 5.69 Å². The van der Waals surface area contributed by atoms with E-state index in [1.165, 1.54) is 24.9 Å². The number of hydrogen-bond donors (Lipinski definition) is 4. The van der Waals surface area contributed by atoms with E-state index in [0.29, 0.717) is 16.5 Å². The summed E-state index contributed by atoms with van der Waals surface area (Å²) in [5.41, 5.74) is 12.1. The van der Waals surface area contributed by atoms with Gasteiger partial charge in [0.1, 0.15) is 32.9 Å². The van der Waals surface area contributed by atoms with Crippen LogP contribution in [0.1, 0.15) is 15.2 Å². The molecule has 3 aromatic heterocycles. The molecule has 1 amide bonds. The van der Waals surface area contributed by atoms with Gasteiger partial charge in [-0.05, 0) is 23.5 Å². The molecule has 0 saturated heterocycles. The van der Waals surface area contributed by atoms with E-state index in [4.69, 9.17) is 32.3 Å². The third-order valence-electron chi connectivity index (χ3n) is 4.67. The number of halogens is 1. The lowest BCUT2D eigenvalue weighted by atomic mass is 10.0. The van der Waals surface area contributed by atoms with Gasteiger partial charge >= 0.3 is 11.3 Å². The molecule has 11 nitrogen and oxygen atoms in total. The third kappa shape index (κ3) is 3.29. The lowest BCUT2D eigenvalue weighted by Crippen LogP contribution is -2.34. The summed E-state index contributed by atoms with van der Waals surface area (Å²) in [7, 11) is 3.00. The Balaban J connectivity index is 1.89. The Morgan fingerprint density at radius 2 is 2.19 bits per heavy atom. The van der Waals surface area contributed by atoms with Crippen LogP contribution in [0, 0.1) is 11.3 Å². The Hall–Kier alpha value is -4.08. The fourth-order valence-electron chi connectivity index (χ4n) is 3.23. The number of nitrogens with two attached hydrogens (primary N) is 2. The Morgan fingerprint density at radius 3 is 2.78 bits per heavy atom. The normalized spacial score (nSPS) is 10.8. The highest BCUT2D eigenvalue weighted by atomic mass is 35.5. The zero-order valence-electron chi connectivity index (χ0n) is 16.6. The van der Waals surface area contributed by atoms with E-state index in [1.54, 1.807) is 12.1 Å². The Morgan fingerprint density at radius 1 is 1.44 bits per heavy atom. The first kappa shape index (κ1) is 21.2. The van der Waals surface area contributed by atoms with E-state index in [1.807, 2.05) is 6.07 Å². The van der Waals surface area contributed by atoms with Crippen LogP contribution in [0.3, 0.4) is 0 Å². The number of rotatable bonds is 4. The molecule has 13 heteroatoms. The molecule has 0 unspecified atom stereocenters. The van der Waals surface area contributed by atoms with Gasteiger partial charge in [0.15, 0.2) is 7.05 Å². The maximum atomic E-state index is 13.0. The zero-order chi connectivity index (χ0) is 23.2. The standard InChI is InChI=1S/C19H14ClN7O4S/c1-27-14(19(29)31-26-27)11-8(6-21)16(23)25-18-12(11)13(22)15(32-18)17(28)24-7-3-4-10(30-2)9(20)5-7/h3-5H,1-2H3,(H5-,22,23,24,25,26,28,29)/p+1. The summed E-state index contributed by atoms with van der Waals surface area (Å²) >= 11 is 7.09. The highest BCUT2D eigenvalue weighted by molar-refractivity contribution is 7.21. The minimum Gasteiger partial charge on any atom is -0.495 e. The molecule has 0 fully saturated rings. The molecule has 4 aromatic rings. The summed E-state index contributed by atoms with van der Waals surface area (Å²) in [6, 6.07) is 6.70. The van der Waals surface area contributed by atoms with Gasteiger partial charge in [0.05, 0.1) is 28.8 Å². The molecule has 0 radical (unpaired) electrons. The van der Waals surface area contributed by atoms with Gasteiger partial charge in [-0.2, -0.15) is 5.26 Å². The number of aromatic amines is 1. The van der Waals surface area contributed by atoms with E-state index in [0.717, 1.165) is 11.3 Å². The van der Waals surface area contributed by atoms with Gasteiger partial charge in [0.25, 0.3) is 5.91 Å². The summed E-state index contributed by atoms with van der Waals surface area (Å²) in [6.07, 6.45) is 0. The average molecular weight is 473 g/mol. The lowest BCUT2D eigenvalue weighted by Gasteiger charge is -2.08. The van der Waals surface area contributed by atoms with Crippen LogP contribution in [0.15, 0.2) is 27.5 Å². The van der Waals surface area contributed by atoms with Crippen LogP contribution in [0.4, 0.5) is 17.2 Å². The van der Waals surface area contributed by atoms with Crippen LogP contribution in [0.2, 0.25) is 5.02 Å². The number of anilines is 3. The van der Waals surface area contributed by atoms with E-state index >= 15 is 0 Å². The number of carbonyl (C=O) groups is 1. The first-order chi connectivity index (χ1) is 15.3. The van der Waals surface area contributed by atoms with Crippen LogP contribution >= 0.6 is 22.9 Å². The Kier molecular flexibility index (Phi) is 5.21. The molecular formula is C19H15ClN7O4S+. The molecule has 0 aliphatic carbocycles. The number of H-pyrrole nitrogens is 1. The highest BCUT2D eigenvalue weighted by Gasteiger charge is 2.32. The predicted octanol–water partition coefficient (Wildman–Crippen LogP) is 2.02. The number of ether oxygens (including phenoxy) is 1. The number of carbonyl (C=O) groups excluding carboxylic acids is 1. The SMILES string of the molecule is COc1ccc(NC(=O)c2sc3nc(N)c(C#N)c(-c4c(=O)o[nH][n+]4C)c3c2N)cc1Cl. The second-order valence-electron chi connectivity index (χ2n) is 6.58. The number of nitrogen functional groups attached to an aromatic ring is 2. The van der Waals surface area contributed by atoms with E-state index in [2.05, 4.69) is 15.6 Å². The van der Waals surface area contributed by atoms with Crippen LogP contribution in [0.5, 0.6) is 5.75 Å². The topological polar surface area (TPSA) is 177 Å². The molecule has 0 aliphatic rings. The molecule has 1 aromatic carbocycles. The molecular weight excluding hydrogens is 458 g/mol. The van der Waals surface area contributed by atoms with Gasteiger partial charge < -0.3 is 21.5 Å². The summed E-state index contributed by atoms with van der Waals surface area (Å²) in [6.45, 7) is 0. The van der Waals surface area contributed by atoms with Crippen molar-refractivity contribution in [3.8, 4) is 23.1 Å². The summed E-state index contributed by atoms with van der Waals surface area (Å²) in [5, 5.41) is 15.3. The molecule has 0 bridgehead atoms. The average Bonchev–Trinajstić information content (AvgIpc) is 3.25. The number of hydrogen-bond acceptors (Lipinski definition) is 9. The minimum absolute atomic E-state index is 0.0130. The Labute approximate surface area is 188 Å². The minimum atomic E-state index is -0.736. The second-order valence-corrected chi connectivity index (χ2v) is 7.98. The summed E-state index contributed by atoms with van der Waals surface area (Å²) in [4.78, 5) is 29.9. The summed E-state index contributed by atoms with van der Waals surface area (Å²) < 4.78 is 11.2. The lowest BCUT2D eigenvalue weighted by molar-refractivity contribution is -0.730. The van der Waals surface area contributed by atoms with Crippen molar-refractivity contribution in [2.75, 3.05) is 23.9 Å². The number of thiophene rings is 1. The van der Waals surface area contributed by atoms with Crippen molar-refractivity contribution in [1.82, 2.24) is 10.3 Å².